The molecule has 102 valence electrons. The van der Waals surface area contributed by atoms with Crippen LogP contribution in [0.3, 0.4) is 0 Å². The molecule has 0 unspecified atom stereocenters. The summed E-state index contributed by atoms with van der Waals surface area (Å²) in [5.41, 5.74) is 0.697. The Bertz CT molecular complexity index is 803. The molecule has 3 aromatic rings. The zero-order valence-electron chi connectivity index (χ0n) is 10.6. The maximum absolute atomic E-state index is 12.0. The third-order valence-electron chi connectivity index (χ3n) is 2.64. The fourth-order valence-corrected chi connectivity index (χ4v) is 2.34. The second-order valence-corrected chi connectivity index (χ2v) is 4.94. The van der Waals surface area contributed by atoms with Gasteiger partial charge in [-0.05, 0) is 23.6 Å². The molecule has 3 heterocycles. The molecule has 0 fully saturated rings. The molecular weight excluding hydrogens is 278 g/mol. The van der Waals surface area contributed by atoms with Gasteiger partial charge < -0.3 is 4.74 Å². The van der Waals surface area contributed by atoms with Crippen molar-refractivity contribution in [1.29, 1.82) is 0 Å². The van der Waals surface area contributed by atoms with E-state index in [0.717, 1.165) is 9.56 Å². The minimum Gasteiger partial charge on any atom is -0.362 e. The van der Waals surface area contributed by atoms with Crippen molar-refractivity contribution >= 4 is 29.1 Å². The van der Waals surface area contributed by atoms with Gasteiger partial charge in [-0.25, -0.2) is 14.2 Å². The zero-order chi connectivity index (χ0) is 13.9. The van der Waals surface area contributed by atoms with E-state index < -0.39 is 0 Å². The van der Waals surface area contributed by atoms with Crippen molar-refractivity contribution in [3.63, 3.8) is 0 Å². The molecule has 0 bridgehead atoms. The Labute approximate surface area is 117 Å². The fraction of sp³-hybridized carbons (Fsp3) is 0.167. The quantitative estimate of drug-likeness (QED) is 0.719. The Kier molecular flexibility index (Phi) is 3.40. The van der Waals surface area contributed by atoms with Gasteiger partial charge in [0.15, 0.2) is 5.65 Å². The first-order valence-corrected chi connectivity index (χ1v) is 6.69. The summed E-state index contributed by atoms with van der Waals surface area (Å²) >= 11 is 1.62. The van der Waals surface area contributed by atoms with Gasteiger partial charge in [-0.15, -0.1) is 16.4 Å². The summed E-state index contributed by atoms with van der Waals surface area (Å²) in [6.07, 6.45) is 5.18. The standard InChI is InChI=1S/C12H11N5O2S/c1-19-8-17-12(18)16-7-13-10(11(16)14-15-17)5-4-9-3-2-6-20-9/h2-7H,8H2,1H3/b5-4+. The molecule has 0 saturated carbocycles. The average Bonchev–Trinajstić information content (AvgIpc) is 3.09. The van der Waals surface area contributed by atoms with Crippen LogP contribution < -0.4 is 5.69 Å². The number of hydrogen-bond acceptors (Lipinski definition) is 6. The van der Waals surface area contributed by atoms with Gasteiger partial charge in [0.05, 0.1) is 0 Å². The zero-order valence-corrected chi connectivity index (χ0v) is 11.4. The maximum atomic E-state index is 12.0. The van der Waals surface area contributed by atoms with Gasteiger partial charge in [0.2, 0.25) is 0 Å². The number of imidazole rings is 1. The number of methoxy groups -OCH3 is 1. The highest BCUT2D eigenvalue weighted by Gasteiger charge is 2.09. The van der Waals surface area contributed by atoms with E-state index in [9.17, 15) is 4.79 Å². The molecule has 0 aliphatic heterocycles. The van der Waals surface area contributed by atoms with Crippen LogP contribution in [0.5, 0.6) is 0 Å². The molecule has 3 aromatic heterocycles. The van der Waals surface area contributed by atoms with Crippen molar-refractivity contribution in [3.05, 3.63) is 44.9 Å². The summed E-state index contributed by atoms with van der Waals surface area (Å²) in [4.78, 5) is 17.3. The molecule has 0 amide bonds. The molecular formula is C12H11N5O2S. The molecule has 0 radical (unpaired) electrons. The first-order valence-electron chi connectivity index (χ1n) is 5.81. The van der Waals surface area contributed by atoms with Crippen molar-refractivity contribution in [2.24, 2.45) is 0 Å². The minimum atomic E-state index is -0.333. The lowest BCUT2D eigenvalue weighted by Gasteiger charge is -2.01. The first-order chi connectivity index (χ1) is 9.79. The topological polar surface area (TPSA) is 74.3 Å². The summed E-state index contributed by atoms with van der Waals surface area (Å²) in [7, 11) is 1.49. The summed E-state index contributed by atoms with van der Waals surface area (Å²) in [6.45, 7) is 0.0559. The normalized spacial score (nSPS) is 11.7. The van der Waals surface area contributed by atoms with Gasteiger partial charge in [0, 0.05) is 12.0 Å². The van der Waals surface area contributed by atoms with Crippen LogP contribution in [-0.2, 0) is 11.5 Å². The Morgan fingerprint density at radius 2 is 2.35 bits per heavy atom. The molecule has 0 aliphatic carbocycles. The van der Waals surface area contributed by atoms with Crippen molar-refractivity contribution in [3.8, 4) is 0 Å². The van der Waals surface area contributed by atoms with Crippen LogP contribution in [0.2, 0.25) is 0 Å². The van der Waals surface area contributed by atoms with Crippen LogP contribution in [0.4, 0.5) is 0 Å². The molecule has 0 saturated heterocycles. The third kappa shape index (κ3) is 2.26. The van der Waals surface area contributed by atoms with Crippen molar-refractivity contribution in [2.75, 3.05) is 7.11 Å². The SMILES string of the molecule is COCn1nnc2c(/C=C/c3cccs3)ncn2c1=O. The second-order valence-electron chi connectivity index (χ2n) is 3.96. The second kappa shape index (κ2) is 5.35. The highest BCUT2D eigenvalue weighted by atomic mass is 32.1. The molecule has 0 spiro atoms. The van der Waals surface area contributed by atoms with E-state index in [0.29, 0.717) is 11.3 Å². The van der Waals surface area contributed by atoms with E-state index in [2.05, 4.69) is 15.3 Å². The number of nitrogens with zero attached hydrogens (tertiary/aromatic N) is 5. The van der Waals surface area contributed by atoms with Crippen LogP contribution in [0.25, 0.3) is 17.8 Å². The molecule has 0 atom stereocenters. The fourth-order valence-electron chi connectivity index (χ4n) is 1.72. The number of thiophene rings is 1. The molecule has 0 N–H and O–H groups in total. The molecule has 0 aromatic carbocycles. The van der Waals surface area contributed by atoms with E-state index in [1.165, 1.54) is 17.8 Å². The molecule has 3 rings (SSSR count). The Hall–Kier alpha value is -2.32. The first kappa shape index (κ1) is 12.7. The number of fused-ring (bicyclic) bond motifs is 1. The van der Waals surface area contributed by atoms with E-state index in [1.807, 2.05) is 29.7 Å². The predicted molar refractivity (Wildman–Crippen MR) is 75.3 cm³/mol. The Balaban J connectivity index is 2.02. The molecule has 20 heavy (non-hydrogen) atoms. The van der Waals surface area contributed by atoms with Crippen LogP contribution in [0.15, 0.2) is 28.6 Å². The van der Waals surface area contributed by atoms with E-state index in [4.69, 9.17) is 4.74 Å². The lowest BCUT2D eigenvalue weighted by Crippen LogP contribution is -2.30. The van der Waals surface area contributed by atoms with Crippen LogP contribution in [-0.4, -0.2) is 31.5 Å². The maximum Gasteiger partial charge on any atom is 0.355 e. The summed E-state index contributed by atoms with van der Waals surface area (Å²) in [5.74, 6) is 0. The lowest BCUT2D eigenvalue weighted by atomic mass is 10.3. The van der Waals surface area contributed by atoms with E-state index >= 15 is 0 Å². The summed E-state index contributed by atoms with van der Waals surface area (Å²) in [5, 5.41) is 9.81. The molecule has 7 nitrogen and oxygen atoms in total. The van der Waals surface area contributed by atoms with Gasteiger partial charge in [-0.1, -0.05) is 11.3 Å². The summed E-state index contributed by atoms with van der Waals surface area (Å²) < 4.78 is 7.35. The third-order valence-corrected chi connectivity index (χ3v) is 3.48. The van der Waals surface area contributed by atoms with Gasteiger partial charge in [0.25, 0.3) is 0 Å². The number of hydrogen-bond donors (Lipinski definition) is 0. The van der Waals surface area contributed by atoms with Gasteiger partial charge in [-0.2, -0.15) is 4.68 Å². The Morgan fingerprint density at radius 3 is 3.10 bits per heavy atom. The van der Waals surface area contributed by atoms with Crippen molar-refractivity contribution < 1.29 is 4.74 Å². The Morgan fingerprint density at radius 1 is 1.45 bits per heavy atom. The molecule has 8 heteroatoms. The van der Waals surface area contributed by atoms with Gasteiger partial charge in [-0.3, -0.25) is 0 Å². The number of rotatable bonds is 4. The monoisotopic (exact) mass is 289 g/mol. The highest BCUT2D eigenvalue weighted by molar-refractivity contribution is 7.10. The number of ether oxygens (including phenoxy) is 1. The average molecular weight is 289 g/mol. The largest absolute Gasteiger partial charge is 0.362 e. The van der Waals surface area contributed by atoms with E-state index in [1.54, 1.807) is 11.3 Å². The van der Waals surface area contributed by atoms with E-state index in [-0.39, 0.29) is 12.4 Å². The van der Waals surface area contributed by atoms with Crippen LogP contribution in [0.1, 0.15) is 10.6 Å². The minimum absolute atomic E-state index is 0.0559. The van der Waals surface area contributed by atoms with Crippen LogP contribution in [0, 0.1) is 0 Å². The summed E-state index contributed by atoms with van der Waals surface area (Å²) in [6, 6.07) is 3.97. The van der Waals surface area contributed by atoms with Gasteiger partial charge >= 0.3 is 5.69 Å². The smallest absolute Gasteiger partial charge is 0.355 e. The predicted octanol–water partition coefficient (Wildman–Crippen LogP) is 1.12. The lowest BCUT2D eigenvalue weighted by molar-refractivity contribution is 0.111. The molecule has 0 aliphatic rings. The van der Waals surface area contributed by atoms with Crippen molar-refractivity contribution in [1.82, 2.24) is 24.4 Å². The number of aromatic nitrogens is 5. The van der Waals surface area contributed by atoms with Crippen molar-refractivity contribution in [2.45, 2.75) is 6.73 Å². The highest BCUT2D eigenvalue weighted by Crippen LogP contribution is 2.13. The van der Waals surface area contributed by atoms with Gasteiger partial charge in [0.1, 0.15) is 18.8 Å². The van der Waals surface area contributed by atoms with Crippen LogP contribution >= 0.6 is 11.3 Å².